The molecule has 1 aromatic rings. The van der Waals surface area contributed by atoms with Gasteiger partial charge < -0.3 is 9.80 Å². The SMILES string of the molecule is CC(=O)c1cnc(N2CCN(CC(=O)N3CCN(C4CCC4)CC3)CC2)cn1. The Morgan fingerprint density at radius 3 is 2.21 bits per heavy atom. The zero-order valence-electron chi connectivity index (χ0n) is 16.7. The summed E-state index contributed by atoms with van der Waals surface area (Å²) in [6, 6.07) is 0.776. The van der Waals surface area contributed by atoms with Crippen molar-refractivity contribution in [2.24, 2.45) is 0 Å². The number of carbonyl (C=O) groups is 2. The molecule has 0 bridgehead atoms. The molecule has 0 N–H and O–H groups in total. The third-order valence-corrected chi connectivity index (χ3v) is 6.31. The van der Waals surface area contributed by atoms with Crippen molar-refractivity contribution in [1.29, 1.82) is 0 Å². The summed E-state index contributed by atoms with van der Waals surface area (Å²) in [6.07, 6.45) is 7.23. The van der Waals surface area contributed by atoms with Crippen LogP contribution < -0.4 is 4.90 Å². The number of hydrogen-bond donors (Lipinski definition) is 0. The quantitative estimate of drug-likeness (QED) is 0.682. The van der Waals surface area contributed by atoms with Crippen molar-refractivity contribution in [3.8, 4) is 0 Å². The summed E-state index contributed by atoms with van der Waals surface area (Å²) < 4.78 is 0. The van der Waals surface area contributed by atoms with Crippen LogP contribution in [0.1, 0.15) is 36.7 Å². The predicted octanol–water partition coefficient (Wildman–Crippen LogP) is 0.498. The molecule has 152 valence electrons. The number of ketones is 1. The molecule has 0 aromatic carbocycles. The van der Waals surface area contributed by atoms with E-state index in [1.54, 1.807) is 6.20 Å². The van der Waals surface area contributed by atoms with Crippen molar-refractivity contribution in [3.63, 3.8) is 0 Å². The van der Waals surface area contributed by atoms with E-state index >= 15 is 0 Å². The van der Waals surface area contributed by atoms with Gasteiger partial charge in [-0.2, -0.15) is 0 Å². The first kappa shape index (κ1) is 19.3. The minimum atomic E-state index is -0.0732. The number of anilines is 1. The molecule has 0 atom stereocenters. The monoisotopic (exact) mass is 386 g/mol. The minimum Gasteiger partial charge on any atom is -0.353 e. The van der Waals surface area contributed by atoms with Crippen molar-refractivity contribution in [2.75, 3.05) is 63.8 Å². The number of nitrogens with zero attached hydrogens (tertiary/aromatic N) is 6. The highest BCUT2D eigenvalue weighted by Gasteiger charge is 2.30. The minimum absolute atomic E-state index is 0.0732. The first-order valence-electron chi connectivity index (χ1n) is 10.4. The molecule has 1 amide bonds. The number of amides is 1. The van der Waals surface area contributed by atoms with Crippen molar-refractivity contribution < 1.29 is 9.59 Å². The summed E-state index contributed by atoms with van der Waals surface area (Å²) in [5.41, 5.74) is 0.394. The maximum Gasteiger partial charge on any atom is 0.236 e. The number of rotatable bonds is 5. The smallest absolute Gasteiger partial charge is 0.236 e. The third kappa shape index (κ3) is 4.33. The summed E-state index contributed by atoms with van der Waals surface area (Å²) >= 11 is 0. The van der Waals surface area contributed by atoms with Crippen LogP contribution in [0.5, 0.6) is 0 Å². The van der Waals surface area contributed by atoms with Gasteiger partial charge in [0.05, 0.1) is 18.9 Å². The van der Waals surface area contributed by atoms with E-state index in [9.17, 15) is 9.59 Å². The second-order valence-corrected chi connectivity index (χ2v) is 8.08. The van der Waals surface area contributed by atoms with E-state index in [1.165, 1.54) is 32.4 Å². The van der Waals surface area contributed by atoms with Gasteiger partial charge in [-0.05, 0) is 12.8 Å². The van der Waals surface area contributed by atoms with E-state index in [0.717, 1.165) is 64.2 Å². The molecular weight excluding hydrogens is 356 g/mol. The van der Waals surface area contributed by atoms with Gasteiger partial charge >= 0.3 is 0 Å². The van der Waals surface area contributed by atoms with Gasteiger partial charge in [0.25, 0.3) is 0 Å². The van der Waals surface area contributed by atoms with Crippen LogP contribution in [0, 0.1) is 0 Å². The topological polar surface area (TPSA) is 72.9 Å². The average molecular weight is 387 g/mol. The number of aromatic nitrogens is 2. The fraction of sp³-hybridized carbons (Fsp3) is 0.700. The van der Waals surface area contributed by atoms with Crippen LogP contribution in [0.25, 0.3) is 0 Å². The molecule has 2 aliphatic heterocycles. The highest BCUT2D eigenvalue weighted by Crippen LogP contribution is 2.25. The van der Waals surface area contributed by atoms with E-state index in [1.807, 2.05) is 4.90 Å². The highest BCUT2D eigenvalue weighted by molar-refractivity contribution is 5.91. The maximum absolute atomic E-state index is 12.7. The Morgan fingerprint density at radius 1 is 0.964 bits per heavy atom. The van der Waals surface area contributed by atoms with Crippen LogP contribution in [0.15, 0.2) is 12.4 Å². The molecule has 0 spiro atoms. The van der Waals surface area contributed by atoms with Gasteiger partial charge in [0.2, 0.25) is 5.91 Å². The molecular formula is C20H30N6O2. The van der Waals surface area contributed by atoms with Gasteiger partial charge in [0, 0.05) is 65.3 Å². The average Bonchev–Trinajstić information content (AvgIpc) is 2.68. The number of hydrogen-bond acceptors (Lipinski definition) is 7. The lowest BCUT2D eigenvalue weighted by molar-refractivity contribution is -0.134. The standard InChI is InChI=1S/C20H30N6O2/c1-16(27)18-13-22-19(14-21-18)25-7-5-23(6-8-25)15-20(28)26-11-9-24(10-12-26)17-3-2-4-17/h13-14,17H,2-12,15H2,1H3. The normalized spacial score (nSPS) is 22.2. The zero-order chi connectivity index (χ0) is 19.5. The Morgan fingerprint density at radius 2 is 1.68 bits per heavy atom. The first-order chi connectivity index (χ1) is 13.6. The molecule has 1 aromatic heterocycles. The highest BCUT2D eigenvalue weighted by atomic mass is 16.2. The molecule has 0 unspecified atom stereocenters. The van der Waals surface area contributed by atoms with E-state index in [0.29, 0.717) is 12.2 Å². The van der Waals surface area contributed by atoms with E-state index in [2.05, 4.69) is 24.7 Å². The second-order valence-electron chi connectivity index (χ2n) is 8.08. The molecule has 1 saturated carbocycles. The lowest BCUT2D eigenvalue weighted by Gasteiger charge is -2.43. The van der Waals surface area contributed by atoms with Crippen LogP contribution in [0.2, 0.25) is 0 Å². The molecule has 1 aliphatic carbocycles. The van der Waals surface area contributed by atoms with Crippen LogP contribution in [-0.4, -0.2) is 101 Å². The molecule has 3 aliphatic rings. The molecule has 8 heteroatoms. The summed E-state index contributed by atoms with van der Waals surface area (Å²) in [5.74, 6) is 0.978. The summed E-state index contributed by atoms with van der Waals surface area (Å²) in [4.78, 5) is 41.5. The van der Waals surface area contributed by atoms with Gasteiger partial charge in [-0.3, -0.25) is 19.4 Å². The van der Waals surface area contributed by atoms with Crippen LogP contribution >= 0.6 is 0 Å². The van der Waals surface area contributed by atoms with Crippen molar-refractivity contribution in [2.45, 2.75) is 32.2 Å². The zero-order valence-corrected chi connectivity index (χ0v) is 16.7. The predicted molar refractivity (Wildman–Crippen MR) is 106 cm³/mol. The third-order valence-electron chi connectivity index (χ3n) is 6.31. The van der Waals surface area contributed by atoms with Crippen LogP contribution in [0.3, 0.4) is 0 Å². The fourth-order valence-corrected chi connectivity index (χ4v) is 4.18. The molecule has 8 nitrogen and oxygen atoms in total. The fourth-order valence-electron chi connectivity index (χ4n) is 4.18. The number of Topliss-reactive ketones (excluding diaryl/α,β-unsaturated/α-hetero) is 1. The molecule has 3 fully saturated rings. The summed E-state index contributed by atoms with van der Waals surface area (Å²) in [7, 11) is 0. The molecule has 0 radical (unpaired) electrons. The molecule has 4 rings (SSSR count). The lowest BCUT2D eigenvalue weighted by atomic mass is 9.91. The first-order valence-corrected chi connectivity index (χ1v) is 10.4. The molecule has 3 heterocycles. The molecule has 2 saturated heterocycles. The van der Waals surface area contributed by atoms with Crippen molar-refractivity contribution in [1.82, 2.24) is 24.7 Å². The Kier molecular flexibility index (Phi) is 5.87. The number of carbonyl (C=O) groups excluding carboxylic acids is 2. The van der Waals surface area contributed by atoms with Gasteiger partial charge in [-0.15, -0.1) is 0 Å². The van der Waals surface area contributed by atoms with E-state index in [-0.39, 0.29) is 11.7 Å². The van der Waals surface area contributed by atoms with Crippen molar-refractivity contribution >= 4 is 17.5 Å². The van der Waals surface area contributed by atoms with Crippen LogP contribution in [0.4, 0.5) is 5.82 Å². The molecule has 28 heavy (non-hydrogen) atoms. The van der Waals surface area contributed by atoms with Crippen molar-refractivity contribution in [3.05, 3.63) is 18.1 Å². The largest absolute Gasteiger partial charge is 0.353 e. The van der Waals surface area contributed by atoms with Gasteiger partial charge in [0.15, 0.2) is 5.78 Å². The summed E-state index contributed by atoms with van der Waals surface area (Å²) in [5, 5.41) is 0. The lowest BCUT2D eigenvalue weighted by Crippen LogP contribution is -2.56. The van der Waals surface area contributed by atoms with E-state index < -0.39 is 0 Å². The van der Waals surface area contributed by atoms with Gasteiger partial charge in [-0.1, -0.05) is 6.42 Å². The summed E-state index contributed by atoms with van der Waals surface area (Å²) in [6.45, 7) is 9.10. The Labute approximate surface area is 166 Å². The Balaban J connectivity index is 1.21. The van der Waals surface area contributed by atoms with E-state index in [4.69, 9.17) is 0 Å². The Bertz CT molecular complexity index is 689. The maximum atomic E-state index is 12.7. The second kappa shape index (κ2) is 8.53. The van der Waals surface area contributed by atoms with Crippen LogP contribution in [-0.2, 0) is 4.79 Å². The van der Waals surface area contributed by atoms with Gasteiger partial charge in [0.1, 0.15) is 11.5 Å². The number of piperazine rings is 2. The van der Waals surface area contributed by atoms with Gasteiger partial charge in [-0.25, -0.2) is 9.97 Å². The Hall–Kier alpha value is -2.06.